The Kier molecular flexibility index (Phi) is 8.11. The van der Waals surface area contributed by atoms with Crippen LogP contribution in [0.5, 0.6) is 0 Å². The Morgan fingerprint density at radius 2 is 1.86 bits per heavy atom. The lowest BCUT2D eigenvalue weighted by Gasteiger charge is -2.22. The van der Waals surface area contributed by atoms with Gasteiger partial charge in [0.2, 0.25) is 0 Å². The Morgan fingerprint density at radius 3 is 2.48 bits per heavy atom. The summed E-state index contributed by atoms with van der Waals surface area (Å²) in [4.78, 5) is 12.0. The van der Waals surface area contributed by atoms with Crippen molar-refractivity contribution in [2.24, 2.45) is 5.92 Å². The van der Waals surface area contributed by atoms with E-state index in [1.165, 1.54) is 6.42 Å². The molecule has 7 heteroatoms. The fourth-order valence-corrected chi connectivity index (χ4v) is 5.53. The van der Waals surface area contributed by atoms with Crippen molar-refractivity contribution in [1.82, 2.24) is 5.32 Å². The van der Waals surface area contributed by atoms with E-state index in [0.717, 1.165) is 31.2 Å². The zero-order chi connectivity index (χ0) is 21.7. The molecule has 0 saturated heterocycles. The number of sulfone groups is 1. The normalized spacial score (nSPS) is 17.0. The highest BCUT2D eigenvalue weighted by Crippen LogP contribution is 2.29. The molecule has 1 fully saturated rings. The predicted octanol–water partition coefficient (Wildman–Crippen LogP) is 4.30. The van der Waals surface area contributed by atoms with Crippen LogP contribution < -0.4 is 5.32 Å². The number of carbonyl (C=O) groups excluding carboxylic acids is 1. The van der Waals surface area contributed by atoms with E-state index in [-0.39, 0.29) is 29.5 Å². The summed E-state index contributed by atoms with van der Waals surface area (Å²) in [5.74, 6) is 0.396. The molecule has 0 aliphatic heterocycles. The first-order valence-electron chi connectivity index (χ1n) is 10.5. The van der Waals surface area contributed by atoms with Gasteiger partial charge in [0.15, 0.2) is 9.84 Å². The van der Waals surface area contributed by atoms with Crippen LogP contribution in [0.4, 0.5) is 4.79 Å². The van der Waals surface area contributed by atoms with Crippen molar-refractivity contribution in [2.45, 2.75) is 82.8 Å². The number of aryl methyl sites for hydroxylation is 1. The van der Waals surface area contributed by atoms with Gasteiger partial charge in [0.05, 0.1) is 16.8 Å². The highest BCUT2D eigenvalue weighted by molar-refractivity contribution is 7.91. The molecule has 0 bridgehead atoms. The van der Waals surface area contributed by atoms with Gasteiger partial charge in [-0.2, -0.15) is 0 Å². The number of rotatable bonds is 7. The summed E-state index contributed by atoms with van der Waals surface area (Å²) < 4.78 is 31.0. The molecule has 1 atom stereocenters. The number of benzene rings is 1. The van der Waals surface area contributed by atoms with Gasteiger partial charge in [-0.05, 0) is 76.1 Å². The third-order valence-corrected chi connectivity index (χ3v) is 6.95. The molecule has 1 unspecified atom stereocenters. The standard InChI is InChI=1S/C22H35NO5S/c1-16-12-18(20(24)10-11-23-21(25)28-22(2,3)4)14-19(13-16)29(26,27)15-17-8-6-5-7-9-17/h12-14,17,20,24H,5-11,15H2,1-4H3,(H,23,25). The maximum atomic E-state index is 12.9. The fourth-order valence-electron chi connectivity index (χ4n) is 3.70. The molecule has 0 radical (unpaired) electrons. The van der Waals surface area contributed by atoms with Crippen molar-refractivity contribution < 1.29 is 23.1 Å². The Hall–Kier alpha value is -1.60. The summed E-state index contributed by atoms with van der Waals surface area (Å²) in [7, 11) is -3.39. The molecule has 1 aliphatic rings. The first-order valence-corrected chi connectivity index (χ1v) is 12.1. The average Bonchev–Trinajstić information content (AvgIpc) is 2.60. The van der Waals surface area contributed by atoms with E-state index in [4.69, 9.17) is 4.74 Å². The lowest BCUT2D eigenvalue weighted by Crippen LogP contribution is -2.33. The highest BCUT2D eigenvalue weighted by atomic mass is 32.2. The molecule has 0 spiro atoms. The number of amides is 1. The lowest BCUT2D eigenvalue weighted by atomic mass is 9.91. The molecule has 1 amide bonds. The third kappa shape index (κ3) is 7.97. The van der Waals surface area contributed by atoms with Crippen LogP contribution in [0.15, 0.2) is 23.1 Å². The summed E-state index contributed by atoms with van der Waals surface area (Å²) in [6, 6.07) is 5.04. The van der Waals surface area contributed by atoms with Crippen molar-refractivity contribution in [3.05, 3.63) is 29.3 Å². The number of aliphatic hydroxyl groups excluding tert-OH is 1. The molecule has 164 valence electrons. The van der Waals surface area contributed by atoms with Crippen LogP contribution in [0.2, 0.25) is 0 Å². The van der Waals surface area contributed by atoms with Crippen LogP contribution in [0.1, 0.15) is 76.5 Å². The van der Waals surface area contributed by atoms with Gasteiger partial charge in [-0.1, -0.05) is 25.3 Å². The molecule has 6 nitrogen and oxygen atoms in total. The van der Waals surface area contributed by atoms with E-state index in [1.807, 2.05) is 6.92 Å². The molecule has 29 heavy (non-hydrogen) atoms. The van der Waals surface area contributed by atoms with E-state index >= 15 is 0 Å². The Labute approximate surface area is 175 Å². The number of hydrogen-bond acceptors (Lipinski definition) is 5. The number of alkyl carbamates (subject to hydrolysis) is 1. The summed E-state index contributed by atoms with van der Waals surface area (Å²) in [5.41, 5.74) is 0.767. The van der Waals surface area contributed by atoms with Crippen molar-refractivity contribution in [3.8, 4) is 0 Å². The van der Waals surface area contributed by atoms with Gasteiger partial charge in [-0.25, -0.2) is 13.2 Å². The molecule has 1 aromatic carbocycles. The van der Waals surface area contributed by atoms with E-state index in [9.17, 15) is 18.3 Å². The lowest BCUT2D eigenvalue weighted by molar-refractivity contribution is 0.0518. The van der Waals surface area contributed by atoms with Crippen LogP contribution in [0.3, 0.4) is 0 Å². The maximum absolute atomic E-state index is 12.9. The molecular formula is C22H35NO5S. The molecule has 1 aromatic rings. The zero-order valence-electron chi connectivity index (χ0n) is 18.0. The first-order chi connectivity index (χ1) is 13.5. The topological polar surface area (TPSA) is 92.7 Å². The van der Waals surface area contributed by atoms with E-state index in [2.05, 4.69) is 5.32 Å². The second kappa shape index (κ2) is 9.94. The minimum atomic E-state index is -3.39. The number of aliphatic hydroxyl groups is 1. The number of ether oxygens (including phenoxy) is 1. The van der Waals surface area contributed by atoms with Gasteiger partial charge >= 0.3 is 6.09 Å². The summed E-state index contributed by atoms with van der Waals surface area (Å²) in [5, 5.41) is 13.1. The van der Waals surface area contributed by atoms with Gasteiger partial charge in [0.25, 0.3) is 0 Å². The van der Waals surface area contributed by atoms with Crippen LogP contribution >= 0.6 is 0 Å². The quantitative estimate of drug-likeness (QED) is 0.679. The van der Waals surface area contributed by atoms with E-state index in [0.29, 0.717) is 5.56 Å². The molecule has 1 aliphatic carbocycles. The second-order valence-electron chi connectivity index (χ2n) is 9.10. The smallest absolute Gasteiger partial charge is 0.407 e. The minimum absolute atomic E-state index is 0.173. The summed E-state index contributed by atoms with van der Waals surface area (Å²) >= 11 is 0. The zero-order valence-corrected chi connectivity index (χ0v) is 18.8. The minimum Gasteiger partial charge on any atom is -0.444 e. The van der Waals surface area contributed by atoms with Crippen LogP contribution in [-0.4, -0.2) is 37.5 Å². The first kappa shape index (κ1) is 23.7. The largest absolute Gasteiger partial charge is 0.444 e. The SMILES string of the molecule is Cc1cc(C(O)CCNC(=O)OC(C)(C)C)cc(S(=O)(=O)CC2CCCCC2)c1. The highest BCUT2D eigenvalue weighted by Gasteiger charge is 2.24. The molecule has 1 saturated carbocycles. The molecule has 0 heterocycles. The molecular weight excluding hydrogens is 390 g/mol. The van der Waals surface area contributed by atoms with E-state index in [1.54, 1.807) is 39.0 Å². The van der Waals surface area contributed by atoms with Crippen LogP contribution in [0, 0.1) is 12.8 Å². The number of hydrogen-bond donors (Lipinski definition) is 2. The van der Waals surface area contributed by atoms with Crippen LogP contribution in [-0.2, 0) is 14.6 Å². The predicted molar refractivity (Wildman–Crippen MR) is 114 cm³/mol. The Morgan fingerprint density at radius 1 is 1.21 bits per heavy atom. The maximum Gasteiger partial charge on any atom is 0.407 e. The Balaban J connectivity index is 2.00. The van der Waals surface area contributed by atoms with Crippen LogP contribution in [0.25, 0.3) is 0 Å². The van der Waals surface area contributed by atoms with Crippen molar-refractivity contribution in [2.75, 3.05) is 12.3 Å². The second-order valence-corrected chi connectivity index (χ2v) is 11.1. The summed E-state index contributed by atoms with van der Waals surface area (Å²) in [6.45, 7) is 7.40. The third-order valence-electron chi connectivity index (χ3n) is 5.08. The van der Waals surface area contributed by atoms with Gasteiger partial charge < -0.3 is 15.2 Å². The average molecular weight is 426 g/mol. The Bertz CT molecular complexity index is 792. The van der Waals surface area contributed by atoms with Crippen molar-refractivity contribution in [1.29, 1.82) is 0 Å². The number of carbonyl (C=O) groups is 1. The van der Waals surface area contributed by atoms with Crippen molar-refractivity contribution in [3.63, 3.8) is 0 Å². The fraction of sp³-hybridized carbons (Fsp3) is 0.682. The van der Waals surface area contributed by atoms with Gasteiger partial charge in [-0.3, -0.25) is 0 Å². The van der Waals surface area contributed by atoms with Gasteiger partial charge in [-0.15, -0.1) is 0 Å². The molecule has 2 N–H and O–H groups in total. The van der Waals surface area contributed by atoms with E-state index < -0.39 is 27.6 Å². The number of nitrogens with one attached hydrogen (secondary N) is 1. The summed E-state index contributed by atoms with van der Waals surface area (Å²) in [6.07, 6.45) is 4.19. The monoisotopic (exact) mass is 425 g/mol. The molecule has 2 rings (SSSR count). The van der Waals surface area contributed by atoms with Crippen molar-refractivity contribution >= 4 is 15.9 Å². The van der Waals surface area contributed by atoms with Gasteiger partial charge in [0.1, 0.15) is 5.60 Å². The molecule has 0 aromatic heterocycles. The van der Waals surface area contributed by atoms with Gasteiger partial charge in [0, 0.05) is 6.54 Å².